The highest BCUT2D eigenvalue weighted by molar-refractivity contribution is 5.84. The molecule has 116 valence electrons. The van der Waals surface area contributed by atoms with Crippen molar-refractivity contribution < 1.29 is 19.0 Å². The summed E-state index contributed by atoms with van der Waals surface area (Å²) in [6.45, 7) is 7.16. The van der Waals surface area contributed by atoms with Gasteiger partial charge in [0.15, 0.2) is 0 Å². The number of aryl methyl sites for hydroxylation is 1. The van der Waals surface area contributed by atoms with Gasteiger partial charge < -0.3 is 10.2 Å². The number of allylic oxidation sites excluding steroid dienone is 2. The number of hydrogen-bond acceptors (Lipinski definition) is 3. The van der Waals surface area contributed by atoms with E-state index in [-0.39, 0.29) is 11.1 Å². The molecule has 0 unspecified atom stereocenters. The van der Waals surface area contributed by atoms with Crippen LogP contribution in [0.5, 0.6) is 5.75 Å². The fraction of sp³-hybridized carbons (Fsp3) is 0.312. The third-order valence-corrected chi connectivity index (χ3v) is 2.67. The Kier molecular flexibility index (Phi) is 7.35. The summed E-state index contributed by atoms with van der Waals surface area (Å²) in [5.41, 5.74) is 0.906. The highest BCUT2D eigenvalue weighted by Gasteiger charge is 2.27. The molecule has 0 radical (unpaired) electrons. The van der Waals surface area contributed by atoms with Gasteiger partial charge in [-0.3, -0.25) is 4.99 Å². The van der Waals surface area contributed by atoms with E-state index in [4.69, 9.17) is 10.2 Å². The van der Waals surface area contributed by atoms with Crippen molar-refractivity contribution in [3.8, 4) is 5.75 Å². The molecule has 0 saturated carbocycles. The maximum atomic E-state index is 12.8. The van der Waals surface area contributed by atoms with Gasteiger partial charge in [-0.05, 0) is 26.0 Å². The van der Waals surface area contributed by atoms with Gasteiger partial charge in [0.2, 0.25) is 0 Å². The number of hydrogen-bond donors (Lipinski definition) is 2. The highest BCUT2D eigenvalue weighted by Crippen LogP contribution is 2.26. The Morgan fingerprint density at radius 1 is 1.29 bits per heavy atom. The van der Waals surface area contributed by atoms with E-state index in [1.54, 1.807) is 12.1 Å². The zero-order valence-corrected chi connectivity index (χ0v) is 12.7. The molecule has 0 aliphatic heterocycles. The summed E-state index contributed by atoms with van der Waals surface area (Å²) < 4.78 is 25.6. The van der Waals surface area contributed by atoms with Gasteiger partial charge in [0, 0.05) is 31.3 Å². The number of benzene rings is 1. The molecular formula is C16H21F2NO2. The molecule has 0 aliphatic rings. The Hall–Kier alpha value is -2.17. The molecular weight excluding hydrogens is 276 g/mol. The van der Waals surface area contributed by atoms with E-state index >= 15 is 0 Å². The Morgan fingerprint density at radius 3 is 2.05 bits per heavy atom. The number of nitrogens with zero attached hydrogens (tertiary/aromatic N) is 1. The summed E-state index contributed by atoms with van der Waals surface area (Å²) in [6.07, 6.45) is 1.16. The zero-order valence-electron chi connectivity index (χ0n) is 12.7. The Labute approximate surface area is 124 Å². The molecule has 5 heteroatoms. The van der Waals surface area contributed by atoms with E-state index in [0.717, 1.165) is 13.1 Å². The molecule has 3 nitrogen and oxygen atoms in total. The first-order valence-corrected chi connectivity index (χ1v) is 6.24. The van der Waals surface area contributed by atoms with Gasteiger partial charge >= 0.3 is 0 Å². The normalized spacial score (nSPS) is 12.5. The smallest absolute Gasteiger partial charge is 0.267 e. The molecule has 1 rings (SSSR count). The molecule has 0 spiro atoms. The summed E-state index contributed by atoms with van der Waals surface area (Å²) in [5.74, 6) is -3.04. The average molecular weight is 297 g/mol. The number of aliphatic hydroxyl groups excluding tert-OH is 1. The quantitative estimate of drug-likeness (QED) is 0.492. The first-order chi connectivity index (χ1) is 9.59. The number of phenols is 1. The number of alkyl halides is 2. The summed E-state index contributed by atoms with van der Waals surface area (Å²) in [5, 5.41) is 17.8. The van der Waals surface area contributed by atoms with Crippen LogP contribution in [-0.2, 0) is 0 Å². The second kappa shape index (κ2) is 8.19. The second-order valence-electron chi connectivity index (χ2n) is 4.60. The van der Waals surface area contributed by atoms with E-state index < -0.39 is 11.7 Å². The minimum absolute atomic E-state index is 0.0185. The van der Waals surface area contributed by atoms with Crippen LogP contribution < -0.4 is 0 Å². The topological polar surface area (TPSA) is 52.8 Å². The molecule has 0 heterocycles. The van der Waals surface area contributed by atoms with E-state index in [1.807, 2.05) is 19.1 Å². The largest absolute Gasteiger partial charge is 0.508 e. The standard InChI is InChI=1S/C9H13F2NO.C7H8O/c1-6(9(3,10)11)8(5-12-4)7(2)13;1-6-2-4-7(8)5-3-6/h5,13H,2H2,1,3-4H3;2-5,8H,1H3/b8-6-,12-5?;. The first-order valence-electron chi connectivity index (χ1n) is 6.24. The van der Waals surface area contributed by atoms with Gasteiger partial charge in [-0.1, -0.05) is 24.3 Å². The fourth-order valence-electron chi connectivity index (χ4n) is 1.30. The van der Waals surface area contributed by atoms with Crippen LogP contribution in [0.2, 0.25) is 0 Å². The number of aliphatic hydroxyl groups is 1. The minimum Gasteiger partial charge on any atom is -0.508 e. The molecule has 0 saturated heterocycles. The molecule has 0 bridgehead atoms. The molecule has 1 aromatic carbocycles. The van der Waals surface area contributed by atoms with Gasteiger partial charge in [-0.15, -0.1) is 0 Å². The lowest BCUT2D eigenvalue weighted by Gasteiger charge is -2.13. The highest BCUT2D eigenvalue weighted by atomic mass is 19.3. The van der Waals surface area contributed by atoms with Crippen molar-refractivity contribution in [1.82, 2.24) is 0 Å². The lowest BCUT2D eigenvalue weighted by atomic mass is 10.0. The minimum atomic E-state index is -2.97. The van der Waals surface area contributed by atoms with Crippen LogP contribution in [0.15, 0.2) is 52.7 Å². The predicted molar refractivity (Wildman–Crippen MR) is 82.3 cm³/mol. The number of rotatable bonds is 3. The molecule has 0 fully saturated rings. The fourth-order valence-corrected chi connectivity index (χ4v) is 1.30. The third kappa shape index (κ3) is 7.25. The van der Waals surface area contributed by atoms with Crippen molar-refractivity contribution in [2.45, 2.75) is 26.7 Å². The third-order valence-electron chi connectivity index (χ3n) is 2.67. The molecule has 0 atom stereocenters. The van der Waals surface area contributed by atoms with Crippen molar-refractivity contribution in [1.29, 1.82) is 0 Å². The maximum Gasteiger partial charge on any atom is 0.267 e. The number of aromatic hydroxyl groups is 1. The SMILES string of the molecule is C=C(O)/C(C=NC)=C(/C)C(C)(F)F.Cc1ccc(O)cc1. The van der Waals surface area contributed by atoms with Crippen molar-refractivity contribution in [2.75, 3.05) is 7.05 Å². The molecule has 0 aromatic heterocycles. The predicted octanol–water partition coefficient (Wildman–Crippen LogP) is 4.43. The van der Waals surface area contributed by atoms with Crippen LogP contribution in [-0.4, -0.2) is 29.4 Å². The van der Waals surface area contributed by atoms with E-state index in [0.29, 0.717) is 5.75 Å². The van der Waals surface area contributed by atoms with E-state index in [2.05, 4.69) is 11.6 Å². The monoisotopic (exact) mass is 297 g/mol. The molecule has 0 amide bonds. The molecule has 1 aromatic rings. The summed E-state index contributed by atoms with van der Waals surface area (Å²) in [6, 6.07) is 7.09. The van der Waals surface area contributed by atoms with Crippen LogP contribution in [0, 0.1) is 6.92 Å². The van der Waals surface area contributed by atoms with Crippen LogP contribution in [0.25, 0.3) is 0 Å². The number of phenolic OH excluding ortho intramolecular Hbond substituents is 1. The van der Waals surface area contributed by atoms with Crippen molar-refractivity contribution >= 4 is 6.21 Å². The second-order valence-corrected chi connectivity index (χ2v) is 4.60. The summed E-state index contributed by atoms with van der Waals surface area (Å²) in [7, 11) is 1.43. The van der Waals surface area contributed by atoms with Crippen molar-refractivity contribution in [3.63, 3.8) is 0 Å². The van der Waals surface area contributed by atoms with E-state index in [1.165, 1.54) is 19.5 Å². The summed E-state index contributed by atoms with van der Waals surface area (Å²) in [4.78, 5) is 3.55. The van der Waals surface area contributed by atoms with Crippen LogP contribution in [0.3, 0.4) is 0 Å². The van der Waals surface area contributed by atoms with E-state index in [9.17, 15) is 8.78 Å². The maximum absolute atomic E-state index is 12.8. The van der Waals surface area contributed by atoms with Crippen LogP contribution >= 0.6 is 0 Å². The van der Waals surface area contributed by atoms with Crippen LogP contribution in [0.4, 0.5) is 8.78 Å². The lowest BCUT2D eigenvalue weighted by molar-refractivity contribution is 0.0626. The Bertz CT molecular complexity index is 505. The average Bonchev–Trinajstić information content (AvgIpc) is 2.38. The van der Waals surface area contributed by atoms with Crippen LogP contribution in [0.1, 0.15) is 19.4 Å². The van der Waals surface area contributed by atoms with Gasteiger partial charge in [0.25, 0.3) is 5.92 Å². The van der Waals surface area contributed by atoms with Crippen molar-refractivity contribution in [2.24, 2.45) is 4.99 Å². The Balaban J connectivity index is 0.000000423. The molecule has 0 aliphatic carbocycles. The number of aliphatic imine (C=N–C) groups is 1. The first kappa shape index (κ1) is 18.8. The van der Waals surface area contributed by atoms with Gasteiger partial charge in [-0.2, -0.15) is 0 Å². The zero-order chi connectivity index (χ0) is 16.6. The Morgan fingerprint density at radius 2 is 1.76 bits per heavy atom. The lowest BCUT2D eigenvalue weighted by Crippen LogP contribution is -2.15. The van der Waals surface area contributed by atoms with Gasteiger partial charge in [0.05, 0.1) is 0 Å². The number of halogens is 2. The van der Waals surface area contributed by atoms with Gasteiger partial charge in [0.1, 0.15) is 11.5 Å². The molecule has 21 heavy (non-hydrogen) atoms. The summed E-state index contributed by atoms with van der Waals surface area (Å²) >= 11 is 0. The van der Waals surface area contributed by atoms with Crippen molar-refractivity contribution in [3.05, 3.63) is 53.3 Å². The van der Waals surface area contributed by atoms with Gasteiger partial charge in [-0.25, -0.2) is 8.78 Å². The molecule has 2 N–H and O–H groups in total.